The van der Waals surface area contributed by atoms with Crippen LogP contribution < -0.4 is 0 Å². The Bertz CT molecular complexity index is 380. The van der Waals surface area contributed by atoms with Crippen LogP contribution in [-0.2, 0) is 12.0 Å². The van der Waals surface area contributed by atoms with Gasteiger partial charge in [-0.3, -0.25) is 4.90 Å². The smallest absolute Gasteiger partial charge is 0.232 e. The predicted octanol–water partition coefficient (Wildman–Crippen LogP) is 1.71. The van der Waals surface area contributed by atoms with E-state index in [1.807, 2.05) is 0 Å². The molecule has 1 saturated carbocycles. The first-order valence-corrected chi connectivity index (χ1v) is 6.68. The number of hydrogen-bond donors (Lipinski definition) is 1. The predicted molar refractivity (Wildman–Crippen MR) is 68.1 cm³/mol. The summed E-state index contributed by atoms with van der Waals surface area (Å²) in [5.41, 5.74) is -0.108. The number of aliphatic hydroxyl groups excluding tert-OH is 1. The van der Waals surface area contributed by atoms with E-state index in [4.69, 9.17) is 9.63 Å². The first-order valence-electron chi connectivity index (χ1n) is 6.68. The Morgan fingerprint density at radius 3 is 2.56 bits per heavy atom. The van der Waals surface area contributed by atoms with Gasteiger partial charge in [0.05, 0.1) is 13.2 Å². The number of hydrogen-bond acceptors (Lipinski definition) is 5. The Labute approximate surface area is 108 Å². The molecule has 0 aromatic carbocycles. The average molecular weight is 253 g/mol. The van der Waals surface area contributed by atoms with E-state index in [0.29, 0.717) is 25.0 Å². The molecule has 1 aliphatic rings. The zero-order valence-corrected chi connectivity index (χ0v) is 11.5. The van der Waals surface area contributed by atoms with Crippen molar-refractivity contribution in [3.05, 3.63) is 11.7 Å². The summed E-state index contributed by atoms with van der Waals surface area (Å²) in [6.45, 7) is 7.71. The largest absolute Gasteiger partial charge is 0.395 e. The molecule has 0 spiro atoms. The van der Waals surface area contributed by atoms with E-state index in [2.05, 4.69) is 35.8 Å². The van der Waals surface area contributed by atoms with Crippen LogP contribution >= 0.6 is 0 Å². The van der Waals surface area contributed by atoms with Gasteiger partial charge in [0, 0.05) is 18.0 Å². The van der Waals surface area contributed by atoms with Gasteiger partial charge in [-0.05, 0) is 12.8 Å². The minimum absolute atomic E-state index is 0.108. The molecular formula is C13H23N3O2. The lowest BCUT2D eigenvalue weighted by atomic mass is 9.91. The molecule has 1 aromatic rings. The molecule has 1 fully saturated rings. The van der Waals surface area contributed by atoms with Crippen molar-refractivity contribution in [1.82, 2.24) is 15.0 Å². The molecular weight excluding hydrogens is 230 g/mol. The van der Waals surface area contributed by atoms with Gasteiger partial charge >= 0.3 is 0 Å². The lowest BCUT2D eigenvalue weighted by Gasteiger charge is -2.36. The molecule has 1 heterocycles. The van der Waals surface area contributed by atoms with Gasteiger partial charge in [0.15, 0.2) is 5.82 Å². The Morgan fingerprint density at radius 1 is 1.39 bits per heavy atom. The summed E-state index contributed by atoms with van der Waals surface area (Å²) in [6.07, 6.45) is 3.71. The number of rotatable bonds is 5. The van der Waals surface area contributed by atoms with Gasteiger partial charge in [0.1, 0.15) is 0 Å². The second-order valence-electron chi connectivity index (χ2n) is 6.04. The second-order valence-corrected chi connectivity index (χ2v) is 6.04. The normalized spacial score (nSPS) is 17.2. The Kier molecular flexibility index (Phi) is 4.02. The fourth-order valence-electron chi connectivity index (χ4n) is 2.08. The first-order chi connectivity index (χ1) is 8.50. The lowest BCUT2D eigenvalue weighted by Crippen LogP contribution is -2.41. The number of aromatic nitrogens is 2. The minimum Gasteiger partial charge on any atom is -0.395 e. The van der Waals surface area contributed by atoms with Crippen molar-refractivity contribution >= 4 is 0 Å². The molecule has 0 bridgehead atoms. The highest BCUT2D eigenvalue weighted by Crippen LogP contribution is 2.26. The standard InChI is InChI=1S/C13H23N3O2/c1-13(2,3)12-14-11(15-18-12)9-16(7-8-17)10-5-4-6-10/h10,17H,4-9H2,1-3H3. The monoisotopic (exact) mass is 253 g/mol. The topological polar surface area (TPSA) is 62.4 Å². The average Bonchev–Trinajstić information content (AvgIpc) is 2.63. The van der Waals surface area contributed by atoms with E-state index in [9.17, 15) is 0 Å². The molecule has 0 unspecified atom stereocenters. The van der Waals surface area contributed by atoms with E-state index in [0.717, 1.165) is 5.82 Å². The van der Waals surface area contributed by atoms with Gasteiger partial charge in [-0.1, -0.05) is 32.3 Å². The van der Waals surface area contributed by atoms with Crippen LogP contribution in [0.5, 0.6) is 0 Å². The Hall–Kier alpha value is -0.940. The molecule has 0 saturated heterocycles. The maximum absolute atomic E-state index is 9.11. The molecule has 1 aromatic heterocycles. The molecule has 1 aliphatic carbocycles. The third-order valence-corrected chi connectivity index (χ3v) is 3.43. The summed E-state index contributed by atoms with van der Waals surface area (Å²) in [7, 11) is 0. The van der Waals surface area contributed by atoms with Gasteiger partial charge in [-0.2, -0.15) is 4.98 Å². The van der Waals surface area contributed by atoms with Gasteiger partial charge in [0.2, 0.25) is 5.89 Å². The number of aliphatic hydroxyl groups is 1. The fraction of sp³-hybridized carbons (Fsp3) is 0.846. The summed E-state index contributed by atoms with van der Waals surface area (Å²) >= 11 is 0. The highest BCUT2D eigenvalue weighted by atomic mass is 16.5. The molecule has 18 heavy (non-hydrogen) atoms. The quantitative estimate of drug-likeness (QED) is 0.865. The van der Waals surface area contributed by atoms with Crippen molar-refractivity contribution in [2.45, 2.75) is 58.0 Å². The maximum atomic E-state index is 9.11. The van der Waals surface area contributed by atoms with Gasteiger partial charge in [-0.25, -0.2) is 0 Å². The summed E-state index contributed by atoms with van der Waals surface area (Å²) in [5.74, 6) is 1.40. The van der Waals surface area contributed by atoms with E-state index in [-0.39, 0.29) is 12.0 Å². The maximum Gasteiger partial charge on any atom is 0.232 e. The molecule has 102 valence electrons. The third-order valence-electron chi connectivity index (χ3n) is 3.43. The summed E-state index contributed by atoms with van der Waals surface area (Å²) in [4.78, 5) is 6.69. The van der Waals surface area contributed by atoms with Crippen molar-refractivity contribution in [1.29, 1.82) is 0 Å². The van der Waals surface area contributed by atoms with Crippen molar-refractivity contribution in [2.24, 2.45) is 0 Å². The van der Waals surface area contributed by atoms with Gasteiger partial charge in [-0.15, -0.1) is 0 Å². The highest BCUT2D eigenvalue weighted by Gasteiger charge is 2.27. The Morgan fingerprint density at radius 2 is 2.11 bits per heavy atom. The Balaban J connectivity index is 2.00. The van der Waals surface area contributed by atoms with Gasteiger partial charge in [0.25, 0.3) is 0 Å². The van der Waals surface area contributed by atoms with Crippen molar-refractivity contribution in [2.75, 3.05) is 13.2 Å². The van der Waals surface area contributed by atoms with E-state index in [1.54, 1.807) is 0 Å². The second kappa shape index (κ2) is 5.36. The van der Waals surface area contributed by atoms with E-state index < -0.39 is 0 Å². The van der Waals surface area contributed by atoms with Crippen LogP contribution in [0.1, 0.15) is 51.7 Å². The van der Waals surface area contributed by atoms with Crippen molar-refractivity contribution in [3.8, 4) is 0 Å². The summed E-state index contributed by atoms with van der Waals surface area (Å²) in [6, 6.07) is 0.578. The molecule has 1 N–H and O–H groups in total. The third kappa shape index (κ3) is 3.09. The van der Waals surface area contributed by atoms with Crippen LogP contribution in [0.2, 0.25) is 0 Å². The lowest BCUT2D eigenvalue weighted by molar-refractivity contribution is 0.0912. The highest BCUT2D eigenvalue weighted by molar-refractivity contribution is 4.98. The summed E-state index contributed by atoms with van der Waals surface area (Å²) in [5, 5.41) is 13.1. The van der Waals surface area contributed by atoms with Crippen molar-refractivity contribution in [3.63, 3.8) is 0 Å². The molecule has 5 nitrogen and oxygen atoms in total. The number of nitrogens with zero attached hydrogens (tertiary/aromatic N) is 3. The van der Waals surface area contributed by atoms with Crippen LogP contribution in [0.15, 0.2) is 4.52 Å². The van der Waals surface area contributed by atoms with Crippen LogP contribution in [0, 0.1) is 0 Å². The molecule has 0 radical (unpaired) electrons. The zero-order valence-electron chi connectivity index (χ0n) is 11.5. The van der Waals surface area contributed by atoms with Crippen LogP contribution in [-0.4, -0.2) is 39.3 Å². The van der Waals surface area contributed by atoms with Crippen molar-refractivity contribution < 1.29 is 9.63 Å². The SMILES string of the molecule is CC(C)(C)c1nc(CN(CCO)C2CCC2)no1. The van der Waals surface area contributed by atoms with Crippen LogP contribution in [0.25, 0.3) is 0 Å². The molecule has 0 amide bonds. The minimum atomic E-state index is -0.108. The summed E-state index contributed by atoms with van der Waals surface area (Å²) < 4.78 is 5.29. The fourth-order valence-corrected chi connectivity index (χ4v) is 2.08. The molecule has 0 aliphatic heterocycles. The first kappa shape index (κ1) is 13.5. The molecule has 0 atom stereocenters. The molecule has 2 rings (SSSR count). The molecule has 5 heteroatoms. The van der Waals surface area contributed by atoms with E-state index in [1.165, 1.54) is 19.3 Å². The van der Waals surface area contributed by atoms with Crippen LogP contribution in [0.3, 0.4) is 0 Å². The van der Waals surface area contributed by atoms with Gasteiger partial charge < -0.3 is 9.63 Å². The zero-order chi connectivity index (χ0) is 13.2. The van der Waals surface area contributed by atoms with Crippen LogP contribution in [0.4, 0.5) is 0 Å². The van der Waals surface area contributed by atoms with E-state index >= 15 is 0 Å².